The lowest BCUT2D eigenvalue weighted by Gasteiger charge is -2.48. The van der Waals surface area contributed by atoms with Crippen molar-refractivity contribution >= 4 is 5.91 Å². The molecule has 3 saturated heterocycles. The first-order valence-corrected chi connectivity index (χ1v) is 44.7. The van der Waals surface area contributed by atoms with Crippen LogP contribution < -0.4 is 5.32 Å². The fourth-order valence-corrected chi connectivity index (χ4v) is 14.0. The summed E-state index contributed by atoms with van der Waals surface area (Å²) in [5, 5.41) is 121. The van der Waals surface area contributed by atoms with Gasteiger partial charge in [-0.3, -0.25) is 4.79 Å². The summed E-state index contributed by atoms with van der Waals surface area (Å²) >= 11 is 0. The van der Waals surface area contributed by atoms with Gasteiger partial charge in [0, 0.05) is 6.42 Å². The summed E-state index contributed by atoms with van der Waals surface area (Å²) < 4.78 is 34.5. The number of aliphatic hydroxyl groups is 11. The zero-order valence-electron chi connectivity index (χ0n) is 70.3. The van der Waals surface area contributed by atoms with Crippen molar-refractivity contribution in [2.75, 3.05) is 26.4 Å². The molecule has 3 heterocycles. The first-order chi connectivity index (χ1) is 55.8. The Kier molecular flexibility index (Phi) is 65.8. The Hall–Kier alpha value is -4.59. The molecule has 0 saturated carbocycles. The Morgan fingerprint density at radius 3 is 0.982 bits per heavy atom. The van der Waals surface area contributed by atoms with Gasteiger partial charge >= 0.3 is 0 Å². The van der Waals surface area contributed by atoms with Crippen molar-refractivity contribution in [3.63, 3.8) is 0 Å². The molecular weight excluding hydrogens is 1440 g/mol. The van der Waals surface area contributed by atoms with Crippen LogP contribution in [0.1, 0.15) is 303 Å². The summed E-state index contributed by atoms with van der Waals surface area (Å²) in [7, 11) is 0. The van der Waals surface area contributed by atoms with Crippen molar-refractivity contribution in [1.82, 2.24) is 5.32 Å². The van der Waals surface area contributed by atoms with Crippen molar-refractivity contribution in [3.05, 3.63) is 158 Å². The van der Waals surface area contributed by atoms with E-state index in [0.29, 0.717) is 12.8 Å². The SMILES string of the molecule is CC/C=C\C/C=C\C/C=C\C/C=C\C/C=C\C/C=C\C/C=C\C/C=C\C/C=C\C/C=C\CCCCCCCCCCCCC(=O)NC(COC1OC(CO)C(OC2OC(CO)C(OC3OC(CO)C(O)C(O)C3O)C(O)C2O)C(O)C1O)C(O)/C=C/CC/C=C/CC/C=C/CCCCCCCCCCCCCCCCCCCC. The second kappa shape index (κ2) is 72.4. The van der Waals surface area contributed by atoms with E-state index in [4.69, 9.17) is 28.4 Å². The van der Waals surface area contributed by atoms with Gasteiger partial charge in [0.05, 0.1) is 38.6 Å². The molecule has 0 bridgehead atoms. The number of nitrogens with one attached hydrogen (secondary N) is 1. The lowest BCUT2D eigenvalue weighted by Crippen LogP contribution is -2.66. The number of allylic oxidation sites excluding steroid dienone is 25. The summed E-state index contributed by atoms with van der Waals surface area (Å²) in [6, 6.07) is -1.01. The number of rotatable bonds is 70. The van der Waals surface area contributed by atoms with Crippen molar-refractivity contribution in [3.8, 4) is 0 Å². The summed E-state index contributed by atoms with van der Waals surface area (Å²) in [5.41, 5.74) is 0. The van der Waals surface area contributed by atoms with E-state index in [9.17, 15) is 61.0 Å². The predicted octanol–water partition coefficient (Wildman–Crippen LogP) is 17.1. The number of hydrogen-bond donors (Lipinski definition) is 12. The van der Waals surface area contributed by atoms with Crippen LogP contribution in [-0.4, -0.2) is 193 Å². The van der Waals surface area contributed by atoms with Crippen molar-refractivity contribution < 1.29 is 89.4 Å². The van der Waals surface area contributed by atoms with Crippen LogP contribution in [0.2, 0.25) is 0 Å². The molecule has 19 nitrogen and oxygen atoms in total. The molecule has 0 aromatic heterocycles. The van der Waals surface area contributed by atoms with Crippen molar-refractivity contribution in [2.24, 2.45) is 0 Å². The number of carbonyl (C=O) groups is 1. The van der Waals surface area contributed by atoms with Crippen molar-refractivity contribution in [2.45, 2.75) is 407 Å². The maximum absolute atomic E-state index is 13.5. The van der Waals surface area contributed by atoms with Crippen LogP contribution >= 0.6 is 0 Å². The monoisotopic (exact) mass is 1600 g/mol. The number of amides is 1. The molecule has 3 fully saturated rings. The fraction of sp³-hybridized carbons (Fsp3) is 0.716. The van der Waals surface area contributed by atoms with E-state index in [2.05, 4.69) is 165 Å². The highest BCUT2D eigenvalue weighted by molar-refractivity contribution is 5.76. The largest absolute Gasteiger partial charge is 0.394 e. The topological polar surface area (TPSA) is 307 Å². The van der Waals surface area contributed by atoms with Gasteiger partial charge in [0.2, 0.25) is 5.91 Å². The second-order valence-electron chi connectivity index (χ2n) is 31.0. The first kappa shape index (κ1) is 104. The van der Waals surface area contributed by atoms with Gasteiger partial charge in [-0.2, -0.15) is 0 Å². The highest BCUT2D eigenvalue weighted by Crippen LogP contribution is 2.33. The van der Waals surface area contributed by atoms with E-state index < -0.39 is 124 Å². The third-order valence-corrected chi connectivity index (χ3v) is 21.0. The molecule has 0 spiro atoms. The van der Waals surface area contributed by atoms with Crippen LogP contribution in [0.5, 0.6) is 0 Å². The van der Waals surface area contributed by atoms with E-state index in [1.165, 1.54) is 148 Å². The number of ether oxygens (including phenoxy) is 6. The van der Waals surface area contributed by atoms with Gasteiger partial charge in [-0.15, -0.1) is 0 Å². The summed E-state index contributed by atoms with van der Waals surface area (Å²) in [4.78, 5) is 13.5. The van der Waals surface area contributed by atoms with E-state index >= 15 is 0 Å². The smallest absolute Gasteiger partial charge is 0.220 e. The third kappa shape index (κ3) is 50.4. The average Bonchev–Trinajstić information content (AvgIpc) is 0.782. The van der Waals surface area contributed by atoms with Gasteiger partial charge in [-0.25, -0.2) is 0 Å². The van der Waals surface area contributed by atoms with Crippen LogP contribution in [0.3, 0.4) is 0 Å². The maximum Gasteiger partial charge on any atom is 0.220 e. The minimum Gasteiger partial charge on any atom is -0.394 e. The predicted molar refractivity (Wildman–Crippen MR) is 461 cm³/mol. The molecule has 12 N–H and O–H groups in total. The lowest BCUT2D eigenvalue weighted by molar-refractivity contribution is -0.379. The molecule has 0 aromatic rings. The van der Waals surface area contributed by atoms with Gasteiger partial charge in [-0.1, -0.05) is 332 Å². The van der Waals surface area contributed by atoms with Gasteiger partial charge in [0.1, 0.15) is 73.2 Å². The third-order valence-electron chi connectivity index (χ3n) is 21.0. The minimum absolute atomic E-state index is 0.217. The van der Waals surface area contributed by atoms with E-state index in [0.717, 1.165) is 122 Å². The van der Waals surface area contributed by atoms with E-state index in [-0.39, 0.29) is 18.9 Å². The normalized spacial score (nSPS) is 25.5. The van der Waals surface area contributed by atoms with Gasteiger partial charge in [0.25, 0.3) is 0 Å². The van der Waals surface area contributed by atoms with Gasteiger partial charge in [0.15, 0.2) is 18.9 Å². The molecule has 17 atom stereocenters. The van der Waals surface area contributed by atoms with Crippen LogP contribution in [-0.2, 0) is 33.2 Å². The number of hydrogen-bond acceptors (Lipinski definition) is 18. The Morgan fingerprint density at radius 2 is 0.614 bits per heavy atom. The van der Waals surface area contributed by atoms with Gasteiger partial charge < -0.3 is 89.9 Å². The number of unbranched alkanes of at least 4 members (excludes halogenated alkanes) is 30. The highest BCUT2D eigenvalue weighted by Gasteiger charge is 2.54. The summed E-state index contributed by atoms with van der Waals surface area (Å²) in [6.45, 7) is 1.61. The molecule has 114 heavy (non-hydrogen) atoms. The Morgan fingerprint density at radius 1 is 0.325 bits per heavy atom. The lowest BCUT2D eigenvalue weighted by atomic mass is 9.96. The minimum atomic E-state index is -1.99. The molecule has 652 valence electrons. The summed E-state index contributed by atoms with van der Waals surface area (Å²) in [6.07, 6.45) is 80.9. The Balaban J connectivity index is 1.35. The van der Waals surface area contributed by atoms with Crippen LogP contribution in [0, 0.1) is 0 Å². The van der Waals surface area contributed by atoms with E-state index in [1.807, 2.05) is 6.08 Å². The number of carbonyl (C=O) groups excluding carboxylic acids is 1. The summed E-state index contributed by atoms with van der Waals surface area (Å²) in [5.74, 6) is -0.298. The quantitative estimate of drug-likeness (QED) is 0.0199. The highest BCUT2D eigenvalue weighted by atomic mass is 16.8. The molecule has 0 radical (unpaired) electrons. The van der Waals surface area contributed by atoms with E-state index in [1.54, 1.807) is 6.08 Å². The Labute approximate surface area is 688 Å². The maximum atomic E-state index is 13.5. The Bertz CT molecular complexity index is 2680. The molecule has 1 amide bonds. The fourth-order valence-electron chi connectivity index (χ4n) is 14.0. The molecule has 3 aliphatic heterocycles. The molecule has 3 aliphatic rings. The zero-order chi connectivity index (χ0) is 82.4. The first-order valence-electron chi connectivity index (χ1n) is 44.7. The number of aliphatic hydroxyl groups excluding tert-OH is 11. The molecular formula is C95H159NO18. The average molecular weight is 1600 g/mol. The molecule has 0 aliphatic carbocycles. The van der Waals surface area contributed by atoms with Crippen molar-refractivity contribution in [1.29, 1.82) is 0 Å². The molecule has 19 heteroatoms. The molecule has 0 aromatic carbocycles. The van der Waals surface area contributed by atoms with Crippen LogP contribution in [0.4, 0.5) is 0 Å². The van der Waals surface area contributed by atoms with Crippen LogP contribution in [0.15, 0.2) is 158 Å². The molecule has 17 unspecified atom stereocenters. The van der Waals surface area contributed by atoms with Gasteiger partial charge in [-0.05, 0) is 122 Å². The van der Waals surface area contributed by atoms with Crippen LogP contribution in [0.25, 0.3) is 0 Å². The zero-order valence-corrected chi connectivity index (χ0v) is 70.3. The standard InChI is InChI=1S/C95H159NO18/c1-3-5-7-9-11-13-15-17-19-21-23-25-27-29-31-33-34-35-36-37-38-39-40-41-42-43-44-45-47-49-51-53-55-57-59-61-63-65-67-69-71-73-83(101)96-78(79(100)72-70-68-66-64-62-60-58-56-54-52-50-48-46-32-30-28-26-24-22-20-18-16-14-12-10-8-6-4-2)77-109-93-89(107)86(104)91(81(75-98)111-93)114-95-90(108)87(105)92(82(76-99)112-95)113-94-88(106)85(103)84(102)80(74-97)110-94/h5,7,11,13,17,19,23,25,29,31,34-35,37-38,40-41,43-44,47,49,54,56,62,64,70,72,78-82,84-95,97-100,102-108H,3-4,6,8-10,12,14-16,18,20-22,24,26-28,30,32-33,36,39,42,45-46,48,50-53,55,57-61,63,65-69,71,73-77H2,1-2H3,(H,96,101)/b7-5-,13-11-,19-17-,25-23-,31-29-,35-34-,38-37-,41-40-,44-43-,49-47-,56-54+,64-62+,72-70+. The second-order valence-corrected chi connectivity index (χ2v) is 31.0. The molecule has 3 rings (SSSR count).